The zero-order valence-electron chi connectivity index (χ0n) is 14.8. The van der Waals surface area contributed by atoms with Crippen LogP contribution >= 0.6 is 11.6 Å². The van der Waals surface area contributed by atoms with Gasteiger partial charge in [-0.1, -0.05) is 17.7 Å². The topological polar surface area (TPSA) is 106 Å². The Labute approximate surface area is 165 Å². The van der Waals surface area contributed by atoms with E-state index >= 15 is 0 Å². The molecule has 28 heavy (non-hydrogen) atoms. The van der Waals surface area contributed by atoms with Gasteiger partial charge in [0.25, 0.3) is 11.6 Å². The lowest BCUT2D eigenvalue weighted by molar-refractivity contribution is -0.384. The van der Waals surface area contributed by atoms with Crippen LogP contribution in [-0.4, -0.2) is 59.5 Å². The van der Waals surface area contributed by atoms with Gasteiger partial charge in [0.1, 0.15) is 5.82 Å². The van der Waals surface area contributed by atoms with E-state index in [9.17, 15) is 19.7 Å². The molecule has 1 fully saturated rings. The Balaban J connectivity index is 1.51. The molecule has 0 saturated carbocycles. The van der Waals surface area contributed by atoms with Crippen molar-refractivity contribution in [1.29, 1.82) is 0 Å². The summed E-state index contributed by atoms with van der Waals surface area (Å²) in [5.41, 5.74) is -0.261. The van der Waals surface area contributed by atoms with Crippen molar-refractivity contribution in [3.63, 3.8) is 0 Å². The van der Waals surface area contributed by atoms with E-state index in [0.29, 0.717) is 26.2 Å². The first-order chi connectivity index (χ1) is 13.5. The van der Waals surface area contributed by atoms with Crippen molar-refractivity contribution in [2.45, 2.75) is 0 Å². The number of nitrogens with zero attached hydrogens (tertiary/aromatic N) is 4. The van der Waals surface area contributed by atoms with Gasteiger partial charge in [-0.15, -0.1) is 0 Å². The first-order valence-corrected chi connectivity index (χ1v) is 8.88. The Morgan fingerprint density at radius 2 is 1.93 bits per heavy atom. The maximum Gasteiger partial charge on any atom is 0.340 e. The summed E-state index contributed by atoms with van der Waals surface area (Å²) in [6.45, 7) is 1.82. The lowest BCUT2D eigenvalue weighted by Crippen LogP contribution is -2.50. The molecule has 1 saturated heterocycles. The lowest BCUT2D eigenvalue weighted by atomic mass is 10.2. The van der Waals surface area contributed by atoms with E-state index in [-0.39, 0.29) is 22.2 Å². The third-order valence-corrected chi connectivity index (χ3v) is 4.63. The average molecular weight is 405 g/mol. The van der Waals surface area contributed by atoms with Crippen LogP contribution in [0.1, 0.15) is 10.4 Å². The SMILES string of the molecule is O=C(OCC(=O)N1CCN(c2ccccn2)CC1)c1ccc([N+](=O)[O-])cc1Cl. The van der Waals surface area contributed by atoms with Crippen molar-refractivity contribution < 1.29 is 19.2 Å². The Morgan fingerprint density at radius 3 is 2.54 bits per heavy atom. The lowest BCUT2D eigenvalue weighted by Gasteiger charge is -2.35. The molecule has 146 valence electrons. The van der Waals surface area contributed by atoms with Crippen LogP contribution in [0.4, 0.5) is 11.5 Å². The third kappa shape index (κ3) is 4.55. The maximum atomic E-state index is 12.3. The highest BCUT2D eigenvalue weighted by atomic mass is 35.5. The molecular weight excluding hydrogens is 388 g/mol. The van der Waals surface area contributed by atoms with Gasteiger partial charge >= 0.3 is 5.97 Å². The van der Waals surface area contributed by atoms with Crippen molar-refractivity contribution in [3.05, 3.63) is 63.3 Å². The predicted octanol–water partition coefficient (Wildman–Crippen LogP) is 2.15. The van der Waals surface area contributed by atoms with Crippen LogP contribution in [0, 0.1) is 10.1 Å². The minimum absolute atomic E-state index is 0.0277. The van der Waals surface area contributed by atoms with Crippen molar-refractivity contribution in [3.8, 4) is 0 Å². The van der Waals surface area contributed by atoms with E-state index < -0.39 is 17.5 Å². The van der Waals surface area contributed by atoms with Crippen molar-refractivity contribution in [2.24, 2.45) is 0 Å². The molecule has 2 heterocycles. The van der Waals surface area contributed by atoms with E-state index in [4.69, 9.17) is 16.3 Å². The zero-order valence-corrected chi connectivity index (χ0v) is 15.5. The number of esters is 1. The first kappa shape index (κ1) is 19.6. The Kier molecular flexibility index (Phi) is 6.05. The highest BCUT2D eigenvalue weighted by molar-refractivity contribution is 6.33. The minimum Gasteiger partial charge on any atom is -0.452 e. The van der Waals surface area contributed by atoms with Gasteiger partial charge in [0, 0.05) is 44.5 Å². The highest BCUT2D eigenvalue weighted by Gasteiger charge is 2.23. The number of nitro groups is 1. The second kappa shape index (κ2) is 8.66. The summed E-state index contributed by atoms with van der Waals surface area (Å²) < 4.78 is 5.03. The van der Waals surface area contributed by atoms with E-state index in [1.165, 1.54) is 6.07 Å². The molecular formula is C18H17ClN4O5. The number of hydrogen-bond donors (Lipinski definition) is 0. The molecule has 0 radical (unpaired) electrons. The largest absolute Gasteiger partial charge is 0.452 e. The molecule has 9 nitrogen and oxygen atoms in total. The fourth-order valence-corrected chi connectivity index (χ4v) is 3.06. The number of anilines is 1. The molecule has 0 bridgehead atoms. The van der Waals surface area contributed by atoms with Crippen molar-refractivity contribution in [1.82, 2.24) is 9.88 Å². The molecule has 1 aromatic heterocycles. The molecule has 0 aliphatic carbocycles. The normalized spacial score (nSPS) is 13.9. The number of piperazine rings is 1. The third-order valence-electron chi connectivity index (χ3n) is 4.32. The highest BCUT2D eigenvalue weighted by Crippen LogP contribution is 2.23. The molecule has 0 atom stereocenters. The van der Waals surface area contributed by atoms with E-state index in [0.717, 1.165) is 18.0 Å². The van der Waals surface area contributed by atoms with Crippen LogP contribution in [0.3, 0.4) is 0 Å². The number of carbonyl (C=O) groups is 2. The van der Waals surface area contributed by atoms with Gasteiger partial charge in [0.15, 0.2) is 6.61 Å². The summed E-state index contributed by atoms with van der Waals surface area (Å²) in [5, 5.41) is 10.6. The molecule has 1 amide bonds. The Hall–Kier alpha value is -3.20. The zero-order chi connectivity index (χ0) is 20.1. The molecule has 0 unspecified atom stereocenters. The van der Waals surface area contributed by atoms with Gasteiger partial charge in [0.05, 0.1) is 15.5 Å². The molecule has 1 aromatic carbocycles. The minimum atomic E-state index is -0.805. The summed E-state index contributed by atoms with van der Waals surface area (Å²) >= 11 is 5.89. The molecule has 10 heteroatoms. The molecule has 1 aliphatic rings. The number of benzene rings is 1. The first-order valence-electron chi connectivity index (χ1n) is 8.50. The fraction of sp³-hybridized carbons (Fsp3) is 0.278. The number of rotatable bonds is 5. The number of nitro benzene ring substituents is 1. The monoisotopic (exact) mass is 404 g/mol. The molecule has 0 spiro atoms. The second-order valence-electron chi connectivity index (χ2n) is 6.05. The summed E-state index contributed by atoms with van der Waals surface area (Å²) in [6, 6.07) is 9.08. The Bertz CT molecular complexity index is 885. The van der Waals surface area contributed by atoms with Gasteiger partial charge in [-0.05, 0) is 18.2 Å². The summed E-state index contributed by atoms with van der Waals surface area (Å²) in [7, 11) is 0. The van der Waals surface area contributed by atoms with Gasteiger partial charge in [-0.3, -0.25) is 14.9 Å². The van der Waals surface area contributed by atoms with Crippen LogP contribution in [0.2, 0.25) is 5.02 Å². The smallest absolute Gasteiger partial charge is 0.340 e. The number of halogens is 1. The molecule has 3 rings (SSSR count). The summed E-state index contributed by atoms with van der Waals surface area (Å²) in [5.74, 6) is -0.263. The van der Waals surface area contributed by atoms with E-state index in [1.54, 1.807) is 11.1 Å². The number of non-ortho nitro benzene ring substituents is 1. The predicted molar refractivity (Wildman–Crippen MR) is 101 cm³/mol. The fourth-order valence-electron chi connectivity index (χ4n) is 2.81. The van der Waals surface area contributed by atoms with Crippen molar-refractivity contribution >= 4 is 35.0 Å². The summed E-state index contributed by atoms with van der Waals surface area (Å²) in [6.07, 6.45) is 1.72. The van der Waals surface area contributed by atoms with Crippen LogP contribution in [0.25, 0.3) is 0 Å². The van der Waals surface area contributed by atoms with E-state index in [1.807, 2.05) is 18.2 Å². The average Bonchev–Trinajstić information content (AvgIpc) is 2.72. The molecule has 1 aliphatic heterocycles. The molecule has 2 aromatic rings. The van der Waals surface area contributed by atoms with Crippen LogP contribution in [0.15, 0.2) is 42.6 Å². The number of aromatic nitrogens is 1. The maximum absolute atomic E-state index is 12.3. The summed E-state index contributed by atoms with van der Waals surface area (Å²) in [4.78, 5) is 42.5. The van der Waals surface area contributed by atoms with Gasteiger partial charge in [0.2, 0.25) is 0 Å². The standard InChI is InChI=1S/C18H17ClN4O5/c19-15-11-13(23(26)27)4-5-14(15)18(25)28-12-17(24)22-9-7-21(8-10-22)16-3-1-2-6-20-16/h1-6,11H,7-10,12H2. The Morgan fingerprint density at radius 1 is 1.18 bits per heavy atom. The number of ether oxygens (including phenoxy) is 1. The number of pyridine rings is 1. The molecule has 0 N–H and O–H groups in total. The van der Waals surface area contributed by atoms with Crippen LogP contribution in [0.5, 0.6) is 0 Å². The van der Waals surface area contributed by atoms with Gasteiger partial charge in [-0.2, -0.15) is 0 Å². The second-order valence-corrected chi connectivity index (χ2v) is 6.46. The van der Waals surface area contributed by atoms with Crippen LogP contribution in [-0.2, 0) is 9.53 Å². The van der Waals surface area contributed by atoms with Gasteiger partial charge in [-0.25, -0.2) is 9.78 Å². The quantitative estimate of drug-likeness (QED) is 0.427. The number of carbonyl (C=O) groups excluding carboxylic acids is 2. The number of hydrogen-bond acceptors (Lipinski definition) is 7. The number of amides is 1. The van der Waals surface area contributed by atoms with Crippen LogP contribution < -0.4 is 4.90 Å². The van der Waals surface area contributed by atoms with E-state index in [2.05, 4.69) is 9.88 Å². The van der Waals surface area contributed by atoms with Crippen molar-refractivity contribution in [2.75, 3.05) is 37.7 Å². The van der Waals surface area contributed by atoms with Gasteiger partial charge < -0.3 is 14.5 Å².